The number of nitrogens with one attached hydrogen (secondary N) is 3. The predicted octanol–water partition coefficient (Wildman–Crippen LogP) is 3.17. The standard InChI is InChI=1S/C21H24FN7O2/c1-14(26-21-24-13-18(22)20(28-21)29-7-9-31-10-8-29)25-19-6-5-16(12-23-19)27-15-3-2-4-17(30)11-15/h2-6,11-14,27,30H,7-10H2,1H3,(H,23,25)(H,24,26,28). The molecule has 1 aliphatic heterocycles. The van der Waals surface area contributed by atoms with Crippen molar-refractivity contribution in [2.24, 2.45) is 0 Å². The molecule has 2 aromatic heterocycles. The van der Waals surface area contributed by atoms with Crippen LogP contribution in [0.3, 0.4) is 0 Å². The smallest absolute Gasteiger partial charge is 0.226 e. The topological polar surface area (TPSA) is 107 Å². The lowest BCUT2D eigenvalue weighted by Gasteiger charge is -2.28. The molecule has 0 saturated carbocycles. The molecular formula is C21H24FN7O2. The number of hydrogen-bond donors (Lipinski definition) is 4. The number of hydrogen-bond acceptors (Lipinski definition) is 9. The lowest BCUT2D eigenvalue weighted by molar-refractivity contribution is 0.122. The van der Waals surface area contributed by atoms with Crippen LogP contribution >= 0.6 is 0 Å². The second kappa shape index (κ2) is 9.43. The number of benzene rings is 1. The van der Waals surface area contributed by atoms with E-state index in [4.69, 9.17) is 4.74 Å². The van der Waals surface area contributed by atoms with Gasteiger partial charge in [0.1, 0.15) is 11.6 Å². The van der Waals surface area contributed by atoms with E-state index in [1.807, 2.05) is 30.0 Å². The van der Waals surface area contributed by atoms with Crippen LogP contribution in [0, 0.1) is 5.82 Å². The van der Waals surface area contributed by atoms with Gasteiger partial charge in [-0.2, -0.15) is 4.98 Å². The summed E-state index contributed by atoms with van der Waals surface area (Å²) in [6, 6.07) is 10.6. The molecule has 4 N–H and O–H groups in total. The van der Waals surface area contributed by atoms with Crippen LogP contribution in [0.15, 0.2) is 48.8 Å². The van der Waals surface area contributed by atoms with Crippen molar-refractivity contribution in [2.45, 2.75) is 13.1 Å². The zero-order chi connectivity index (χ0) is 21.6. The fourth-order valence-electron chi connectivity index (χ4n) is 3.18. The highest BCUT2D eigenvalue weighted by Crippen LogP contribution is 2.21. The van der Waals surface area contributed by atoms with Gasteiger partial charge in [-0.15, -0.1) is 0 Å². The first-order valence-electron chi connectivity index (χ1n) is 9.97. The number of phenols is 1. The van der Waals surface area contributed by atoms with E-state index in [-0.39, 0.29) is 17.7 Å². The molecule has 0 aliphatic carbocycles. The van der Waals surface area contributed by atoms with Crippen molar-refractivity contribution < 1.29 is 14.2 Å². The van der Waals surface area contributed by atoms with Crippen molar-refractivity contribution >= 4 is 29.0 Å². The Bertz CT molecular complexity index is 1010. The average Bonchev–Trinajstić information content (AvgIpc) is 2.77. The summed E-state index contributed by atoms with van der Waals surface area (Å²) in [5, 5.41) is 19.0. The van der Waals surface area contributed by atoms with E-state index in [9.17, 15) is 9.50 Å². The summed E-state index contributed by atoms with van der Waals surface area (Å²) in [6.07, 6.45) is 2.61. The number of ether oxygens (including phenoxy) is 1. The van der Waals surface area contributed by atoms with Crippen LogP contribution in [-0.4, -0.2) is 52.5 Å². The molecule has 9 nitrogen and oxygen atoms in total. The highest BCUT2D eigenvalue weighted by atomic mass is 19.1. The van der Waals surface area contributed by atoms with Gasteiger partial charge in [-0.3, -0.25) is 0 Å². The van der Waals surface area contributed by atoms with E-state index >= 15 is 0 Å². The first-order valence-corrected chi connectivity index (χ1v) is 9.97. The largest absolute Gasteiger partial charge is 0.508 e. The maximum Gasteiger partial charge on any atom is 0.226 e. The molecule has 0 radical (unpaired) electrons. The van der Waals surface area contributed by atoms with Crippen LogP contribution in [0.1, 0.15) is 6.92 Å². The van der Waals surface area contributed by atoms with E-state index in [0.29, 0.717) is 38.1 Å². The van der Waals surface area contributed by atoms with Gasteiger partial charge in [-0.05, 0) is 31.2 Å². The van der Waals surface area contributed by atoms with Gasteiger partial charge in [0.25, 0.3) is 0 Å². The fourth-order valence-corrected chi connectivity index (χ4v) is 3.18. The van der Waals surface area contributed by atoms with Crippen molar-refractivity contribution in [3.63, 3.8) is 0 Å². The van der Waals surface area contributed by atoms with E-state index in [1.54, 1.807) is 24.4 Å². The highest BCUT2D eigenvalue weighted by molar-refractivity contribution is 5.61. The third kappa shape index (κ3) is 5.48. The second-order valence-electron chi connectivity index (χ2n) is 7.08. The summed E-state index contributed by atoms with van der Waals surface area (Å²) in [6.45, 7) is 4.17. The first kappa shape index (κ1) is 20.6. The van der Waals surface area contributed by atoms with E-state index < -0.39 is 5.82 Å². The van der Waals surface area contributed by atoms with Gasteiger partial charge in [0.05, 0.1) is 37.5 Å². The number of aromatic nitrogens is 3. The lowest BCUT2D eigenvalue weighted by Crippen LogP contribution is -2.37. The number of morpholine rings is 1. The monoisotopic (exact) mass is 425 g/mol. The van der Waals surface area contributed by atoms with Crippen molar-refractivity contribution in [3.8, 4) is 5.75 Å². The average molecular weight is 425 g/mol. The van der Waals surface area contributed by atoms with Crippen LogP contribution in [0.25, 0.3) is 0 Å². The minimum Gasteiger partial charge on any atom is -0.508 e. The number of pyridine rings is 1. The molecule has 1 aromatic carbocycles. The molecule has 0 spiro atoms. The van der Waals surface area contributed by atoms with Gasteiger partial charge in [-0.1, -0.05) is 6.07 Å². The molecule has 4 rings (SSSR count). The maximum atomic E-state index is 14.2. The Hall–Kier alpha value is -3.66. The van der Waals surface area contributed by atoms with Crippen LogP contribution in [-0.2, 0) is 4.74 Å². The van der Waals surface area contributed by atoms with Crippen LogP contribution in [0.2, 0.25) is 0 Å². The Balaban J connectivity index is 1.35. The maximum absolute atomic E-state index is 14.2. The molecule has 10 heteroatoms. The molecule has 3 heterocycles. The Morgan fingerprint density at radius 3 is 2.65 bits per heavy atom. The van der Waals surface area contributed by atoms with Gasteiger partial charge in [0, 0.05) is 24.8 Å². The fraction of sp³-hybridized carbons (Fsp3) is 0.286. The molecule has 1 aliphatic rings. The molecule has 1 atom stereocenters. The zero-order valence-electron chi connectivity index (χ0n) is 17.0. The summed E-state index contributed by atoms with van der Waals surface area (Å²) < 4.78 is 19.5. The third-order valence-electron chi connectivity index (χ3n) is 4.64. The number of phenolic OH excluding ortho intramolecular Hbond substituents is 1. The summed E-state index contributed by atoms with van der Waals surface area (Å²) in [5.74, 6) is 0.982. The molecule has 1 fully saturated rings. The van der Waals surface area contributed by atoms with E-state index in [2.05, 4.69) is 30.9 Å². The zero-order valence-corrected chi connectivity index (χ0v) is 17.0. The molecule has 0 bridgehead atoms. The van der Waals surface area contributed by atoms with Crippen molar-refractivity contribution in [3.05, 3.63) is 54.6 Å². The number of nitrogens with zero attached hydrogens (tertiary/aromatic N) is 4. The molecule has 0 amide bonds. The summed E-state index contributed by atoms with van der Waals surface area (Å²) in [5.41, 5.74) is 1.55. The minimum atomic E-state index is -0.454. The number of aromatic hydroxyl groups is 1. The summed E-state index contributed by atoms with van der Waals surface area (Å²) in [7, 11) is 0. The molecule has 3 aromatic rings. The molecule has 1 saturated heterocycles. The van der Waals surface area contributed by atoms with Crippen LogP contribution < -0.4 is 20.9 Å². The predicted molar refractivity (Wildman–Crippen MR) is 117 cm³/mol. The van der Waals surface area contributed by atoms with Crippen LogP contribution in [0.5, 0.6) is 5.75 Å². The van der Waals surface area contributed by atoms with Crippen molar-refractivity contribution in [1.29, 1.82) is 0 Å². The Labute approximate surface area is 179 Å². The molecular weight excluding hydrogens is 401 g/mol. The normalized spacial score (nSPS) is 14.7. The SMILES string of the molecule is CC(Nc1ccc(Nc2cccc(O)c2)cn1)Nc1ncc(F)c(N2CCOCC2)n1. The number of anilines is 5. The van der Waals surface area contributed by atoms with Gasteiger partial charge >= 0.3 is 0 Å². The van der Waals surface area contributed by atoms with Gasteiger partial charge in [0.15, 0.2) is 11.6 Å². The molecule has 1 unspecified atom stereocenters. The third-order valence-corrected chi connectivity index (χ3v) is 4.64. The Morgan fingerprint density at radius 1 is 1.06 bits per heavy atom. The van der Waals surface area contributed by atoms with Crippen molar-refractivity contribution in [2.75, 3.05) is 47.2 Å². The number of halogens is 1. The van der Waals surface area contributed by atoms with Gasteiger partial charge in [0.2, 0.25) is 5.95 Å². The van der Waals surface area contributed by atoms with Crippen molar-refractivity contribution in [1.82, 2.24) is 15.0 Å². The summed E-state index contributed by atoms with van der Waals surface area (Å²) in [4.78, 5) is 14.6. The minimum absolute atomic E-state index is 0.191. The highest BCUT2D eigenvalue weighted by Gasteiger charge is 2.18. The molecule has 162 valence electrons. The Morgan fingerprint density at radius 2 is 1.90 bits per heavy atom. The van der Waals surface area contributed by atoms with E-state index in [1.165, 1.54) is 6.20 Å². The molecule has 31 heavy (non-hydrogen) atoms. The van der Waals surface area contributed by atoms with Crippen LogP contribution in [0.4, 0.5) is 33.3 Å². The number of rotatable bonds is 7. The second-order valence-corrected chi connectivity index (χ2v) is 7.08. The Kier molecular flexibility index (Phi) is 6.27. The first-order chi connectivity index (χ1) is 15.1. The lowest BCUT2D eigenvalue weighted by atomic mass is 10.3. The van der Waals surface area contributed by atoms with Gasteiger partial charge < -0.3 is 30.7 Å². The van der Waals surface area contributed by atoms with E-state index in [0.717, 1.165) is 11.4 Å². The quantitative estimate of drug-likeness (QED) is 0.425. The van der Waals surface area contributed by atoms with Gasteiger partial charge in [-0.25, -0.2) is 14.4 Å². The summed E-state index contributed by atoms with van der Waals surface area (Å²) >= 11 is 0.